The van der Waals surface area contributed by atoms with E-state index >= 15 is 0 Å². The predicted octanol–water partition coefficient (Wildman–Crippen LogP) is 5.27. The van der Waals surface area contributed by atoms with Crippen LogP contribution in [0.1, 0.15) is 11.1 Å². The number of aryl methyl sites for hydroxylation is 2. The average Bonchev–Trinajstić information content (AvgIpc) is 2.40. The molecule has 0 bridgehead atoms. The SMILES string of the molecule is Cc1ccc(C)c(SCCNc2ccccc2Br)c1. The summed E-state index contributed by atoms with van der Waals surface area (Å²) in [6.07, 6.45) is 0. The van der Waals surface area contributed by atoms with Crippen LogP contribution in [0, 0.1) is 13.8 Å². The van der Waals surface area contributed by atoms with Gasteiger partial charge in [0.25, 0.3) is 0 Å². The van der Waals surface area contributed by atoms with Gasteiger partial charge in [0.05, 0.1) is 0 Å². The number of hydrogen-bond acceptors (Lipinski definition) is 2. The number of hydrogen-bond donors (Lipinski definition) is 1. The van der Waals surface area contributed by atoms with Crippen molar-refractivity contribution in [2.75, 3.05) is 17.6 Å². The second-order valence-corrected chi connectivity index (χ2v) is 6.52. The van der Waals surface area contributed by atoms with Crippen LogP contribution in [0.25, 0.3) is 0 Å². The van der Waals surface area contributed by atoms with Gasteiger partial charge in [-0.15, -0.1) is 11.8 Å². The van der Waals surface area contributed by atoms with Crippen molar-refractivity contribution >= 4 is 33.4 Å². The summed E-state index contributed by atoms with van der Waals surface area (Å²) in [5.74, 6) is 1.06. The van der Waals surface area contributed by atoms with Crippen molar-refractivity contribution < 1.29 is 0 Å². The van der Waals surface area contributed by atoms with Gasteiger partial charge in [0.15, 0.2) is 0 Å². The molecule has 1 N–H and O–H groups in total. The molecule has 0 aliphatic carbocycles. The standard InChI is InChI=1S/C16H18BrNS/c1-12-7-8-13(2)16(11-12)19-10-9-18-15-6-4-3-5-14(15)17/h3-8,11,18H,9-10H2,1-2H3. The Balaban J connectivity index is 1.84. The van der Waals surface area contributed by atoms with Crippen LogP contribution in [0.2, 0.25) is 0 Å². The van der Waals surface area contributed by atoms with E-state index in [1.165, 1.54) is 16.0 Å². The van der Waals surface area contributed by atoms with Gasteiger partial charge in [0.1, 0.15) is 0 Å². The number of para-hydroxylation sites is 1. The monoisotopic (exact) mass is 335 g/mol. The van der Waals surface area contributed by atoms with Crippen LogP contribution in [0.5, 0.6) is 0 Å². The van der Waals surface area contributed by atoms with E-state index in [1.54, 1.807) is 0 Å². The fourth-order valence-electron chi connectivity index (χ4n) is 1.81. The number of rotatable bonds is 5. The molecule has 2 aromatic rings. The van der Waals surface area contributed by atoms with Crippen molar-refractivity contribution in [2.45, 2.75) is 18.7 Å². The molecular formula is C16H18BrNS. The smallest absolute Gasteiger partial charge is 0.0484 e. The lowest BCUT2D eigenvalue weighted by atomic mass is 10.2. The van der Waals surface area contributed by atoms with Gasteiger partial charge in [0.2, 0.25) is 0 Å². The molecule has 0 fully saturated rings. The summed E-state index contributed by atoms with van der Waals surface area (Å²) < 4.78 is 1.12. The van der Waals surface area contributed by atoms with Crippen molar-refractivity contribution in [3.63, 3.8) is 0 Å². The quantitative estimate of drug-likeness (QED) is 0.590. The van der Waals surface area contributed by atoms with E-state index in [0.717, 1.165) is 22.5 Å². The maximum absolute atomic E-state index is 3.55. The number of thioether (sulfide) groups is 1. The molecule has 0 radical (unpaired) electrons. The molecule has 0 aliphatic rings. The summed E-state index contributed by atoms with van der Waals surface area (Å²) in [7, 11) is 0. The molecule has 3 heteroatoms. The van der Waals surface area contributed by atoms with Crippen LogP contribution in [-0.2, 0) is 0 Å². The highest BCUT2D eigenvalue weighted by molar-refractivity contribution is 9.10. The summed E-state index contributed by atoms with van der Waals surface area (Å²) in [5.41, 5.74) is 3.84. The fourth-order valence-corrected chi connectivity index (χ4v) is 3.23. The maximum Gasteiger partial charge on any atom is 0.0484 e. The van der Waals surface area contributed by atoms with Crippen molar-refractivity contribution in [3.05, 3.63) is 58.1 Å². The van der Waals surface area contributed by atoms with Crippen LogP contribution < -0.4 is 5.32 Å². The molecule has 2 rings (SSSR count). The molecule has 0 unspecified atom stereocenters. The first-order chi connectivity index (χ1) is 9.16. The highest BCUT2D eigenvalue weighted by atomic mass is 79.9. The Kier molecular flexibility index (Phi) is 5.34. The molecule has 1 nitrogen and oxygen atoms in total. The van der Waals surface area contributed by atoms with Gasteiger partial charge in [0, 0.05) is 27.4 Å². The Morgan fingerprint density at radius 1 is 1.11 bits per heavy atom. The topological polar surface area (TPSA) is 12.0 Å². The van der Waals surface area contributed by atoms with Crippen molar-refractivity contribution in [1.29, 1.82) is 0 Å². The molecule has 0 amide bonds. The third-order valence-corrected chi connectivity index (χ3v) is 4.74. The van der Waals surface area contributed by atoms with E-state index in [4.69, 9.17) is 0 Å². The Hall–Kier alpha value is -0.930. The zero-order chi connectivity index (χ0) is 13.7. The summed E-state index contributed by atoms with van der Waals surface area (Å²) in [4.78, 5) is 1.38. The minimum Gasteiger partial charge on any atom is -0.383 e. The lowest BCUT2D eigenvalue weighted by molar-refractivity contribution is 1.20. The van der Waals surface area contributed by atoms with E-state index in [0.29, 0.717) is 0 Å². The Labute approximate surface area is 127 Å². The van der Waals surface area contributed by atoms with E-state index in [1.807, 2.05) is 23.9 Å². The van der Waals surface area contributed by atoms with E-state index < -0.39 is 0 Å². The van der Waals surface area contributed by atoms with Crippen molar-refractivity contribution in [3.8, 4) is 0 Å². The normalized spacial score (nSPS) is 10.5. The highest BCUT2D eigenvalue weighted by Crippen LogP contribution is 2.24. The lowest BCUT2D eigenvalue weighted by Crippen LogP contribution is -2.04. The minimum absolute atomic E-state index is 0.959. The predicted molar refractivity (Wildman–Crippen MR) is 89.3 cm³/mol. The lowest BCUT2D eigenvalue weighted by Gasteiger charge is -2.09. The van der Waals surface area contributed by atoms with Crippen LogP contribution in [0.4, 0.5) is 5.69 Å². The van der Waals surface area contributed by atoms with Crippen LogP contribution in [-0.4, -0.2) is 12.3 Å². The van der Waals surface area contributed by atoms with Gasteiger partial charge in [-0.2, -0.15) is 0 Å². The summed E-state index contributed by atoms with van der Waals surface area (Å²) in [6.45, 7) is 5.27. The maximum atomic E-state index is 3.55. The molecule has 0 aliphatic heterocycles. The van der Waals surface area contributed by atoms with Gasteiger partial charge in [-0.1, -0.05) is 29.8 Å². The first-order valence-corrected chi connectivity index (χ1v) is 8.13. The first-order valence-electron chi connectivity index (χ1n) is 6.35. The molecular weight excluding hydrogens is 318 g/mol. The number of nitrogens with one attached hydrogen (secondary N) is 1. The van der Waals surface area contributed by atoms with Crippen molar-refractivity contribution in [1.82, 2.24) is 0 Å². The zero-order valence-corrected chi connectivity index (χ0v) is 13.6. The third-order valence-electron chi connectivity index (χ3n) is 2.89. The first kappa shape index (κ1) is 14.5. The van der Waals surface area contributed by atoms with E-state index in [9.17, 15) is 0 Å². The number of halogens is 1. The largest absolute Gasteiger partial charge is 0.383 e. The van der Waals surface area contributed by atoms with Gasteiger partial charge in [-0.25, -0.2) is 0 Å². The van der Waals surface area contributed by atoms with E-state index in [-0.39, 0.29) is 0 Å². The zero-order valence-electron chi connectivity index (χ0n) is 11.2. The number of anilines is 1. The molecule has 19 heavy (non-hydrogen) atoms. The molecule has 0 aromatic heterocycles. The third kappa shape index (κ3) is 4.29. The summed E-state index contributed by atoms with van der Waals surface area (Å²) in [5, 5.41) is 3.45. The van der Waals surface area contributed by atoms with Gasteiger partial charge < -0.3 is 5.32 Å². The fraction of sp³-hybridized carbons (Fsp3) is 0.250. The second kappa shape index (κ2) is 7.01. The molecule has 100 valence electrons. The average molecular weight is 336 g/mol. The molecule has 2 aromatic carbocycles. The Morgan fingerprint density at radius 2 is 1.89 bits per heavy atom. The number of benzene rings is 2. The Morgan fingerprint density at radius 3 is 2.68 bits per heavy atom. The molecule has 0 atom stereocenters. The van der Waals surface area contributed by atoms with Crippen LogP contribution in [0.3, 0.4) is 0 Å². The van der Waals surface area contributed by atoms with Gasteiger partial charge >= 0.3 is 0 Å². The minimum atomic E-state index is 0.959. The van der Waals surface area contributed by atoms with Crippen molar-refractivity contribution in [2.24, 2.45) is 0 Å². The Bertz CT molecular complexity index is 554. The summed E-state index contributed by atoms with van der Waals surface area (Å²) in [6, 6.07) is 14.8. The molecule has 0 spiro atoms. The summed E-state index contributed by atoms with van der Waals surface area (Å²) >= 11 is 5.45. The highest BCUT2D eigenvalue weighted by Gasteiger charge is 2.00. The molecule has 0 saturated carbocycles. The molecule has 0 heterocycles. The van der Waals surface area contributed by atoms with Crippen LogP contribution >= 0.6 is 27.7 Å². The molecule has 0 saturated heterocycles. The van der Waals surface area contributed by atoms with Gasteiger partial charge in [-0.3, -0.25) is 0 Å². The van der Waals surface area contributed by atoms with E-state index in [2.05, 4.69) is 65.4 Å². The van der Waals surface area contributed by atoms with Gasteiger partial charge in [-0.05, 0) is 53.5 Å². The second-order valence-electron chi connectivity index (χ2n) is 4.52. The van der Waals surface area contributed by atoms with Crippen LogP contribution in [0.15, 0.2) is 51.8 Å².